The first-order chi connectivity index (χ1) is 11.3. The monoisotopic (exact) mass is 325 g/mol. The summed E-state index contributed by atoms with van der Waals surface area (Å²) in [6.07, 6.45) is 0.557. The van der Waals surface area contributed by atoms with Gasteiger partial charge in [-0.05, 0) is 38.5 Å². The van der Waals surface area contributed by atoms with Gasteiger partial charge < -0.3 is 10.6 Å². The molecule has 1 heterocycles. The van der Waals surface area contributed by atoms with Crippen molar-refractivity contribution in [3.05, 3.63) is 65.0 Å². The van der Waals surface area contributed by atoms with Crippen LogP contribution in [-0.2, 0) is 6.42 Å². The fourth-order valence-corrected chi connectivity index (χ4v) is 2.27. The molecule has 2 amide bonds. The number of hydrogen-bond acceptors (Lipinski definition) is 3. The summed E-state index contributed by atoms with van der Waals surface area (Å²) in [4.78, 5) is 28.8. The first-order valence-electron chi connectivity index (χ1n) is 7.88. The molecule has 2 N–H and O–H groups in total. The summed E-state index contributed by atoms with van der Waals surface area (Å²) < 4.78 is 0. The van der Waals surface area contributed by atoms with Crippen LogP contribution >= 0.6 is 0 Å². The number of nitrogens with zero attached hydrogens (tertiary/aromatic N) is 1. The molecule has 0 fully saturated rings. The Balaban J connectivity index is 2.38. The molecule has 5 heteroatoms. The lowest BCUT2D eigenvalue weighted by Crippen LogP contribution is -2.40. The van der Waals surface area contributed by atoms with E-state index in [0.29, 0.717) is 17.7 Å². The van der Waals surface area contributed by atoms with E-state index in [1.54, 1.807) is 13.1 Å². The van der Waals surface area contributed by atoms with E-state index < -0.39 is 0 Å². The van der Waals surface area contributed by atoms with Crippen molar-refractivity contribution < 1.29 is 9.59 Å². The second-order valence-corrected chi connectivity index (χ2v) is 6.68. The van der Waals surface area contributed by atoms with Crippen molar-refractivity contribution in [2.75, 3.05) is 7.05 Å². The van der Waals surface area contributed by atoms with E-state index >= 15 is 0 Å². The van der Waals surface area contributed by atoms with E-state index in [0.717, 1.165) is 5.56 Å². The van der Waals surface area contributed by atoms with Crippen molar-refractivity contribution in [1.82, 2.24) is 15.6 Å². The number of nitrogens with one attached hydrogen (secondary N) is 2. The van der Waals surface area contributed by atoms with Crippen molar-refractivity contribution in [2.45, 2.75) is 32.7 Å². The average molecular weight is 325 g/mol. The highest BCUT2D eigenvalue weighted by molar-refractivity contribution is 5.98. The SMILES string of the molecule is CNC(=O)c1cc(C(=O)NC(C)(C)C)cc(Cc2ccccc2)n1. The summed E-state index contributed by atoms with van der Waals surface area (Å²) in [5.74, 6) is -0.529. The number of carbonyl (C=O) groups excluding carboxylic acids is 2. The van der Waals surface area contributed by atoms with Gasteiger partial charge in [0.25, 0.3) is 11.8 Å². The molecular weight excluding hydrogens is 302 g/mol. The minimum Gasteiger partial charge on any atom is -0.354 e. The van der Waals surface area contributed by atoms with Crippen LogP contribution in [0.1, 0.15) is 52.9 Å². The zero-order chi connectivity index (χ0) is 17.7. The summed E-state index contributed by atoms with van der Waals surface area (Å²) in [6, 6.07) is 13.1. The van der Waals surface area contributed by atoms with Crippen molar-refractivity contribution in [3.63, 3.8) is 0 Å². The Morgan fingerprint density at radius 2 is 1.71 bits per heavy atom. The van der Waals surface area contributed by atoms with Crippen LogP contribution in [0.15, 0.2) is 42.5 Å². The first-order valence-corrected chi connectivity index (χ1v) is 7.88. The Kier molecular flexibility index (Phi) is 5.34. The lowest BCUT2D eigenvalue weighted by Gasteiger charge is -2.21. The van der Waals surface area contributed by atoms with Crippen LogP contribution < -0.4 is 10.6 Å². The largest absolute Gasteiger partial charge is 0.354 e. The third-order valence-corrected chi connectivity index (χ3v) is 3.32. The number of carbonyl (C=O) groups is 2. The normalized spacial score (nSPS) is 11.0. The number of aromatic nitrogens is 1. The van der Waals surface area contributed by atoms with E-state index in [-0.39, 0.29) is 23.0 Å². The van der Waals surface area contributed by atoms with Crippen molar-refractivity contribution in [2.24, 2.45) is 0 Å². The lowest BCUT2D eigenvalue weighted by molar-refractivity contribution is 0.0919. The van der Waals surface area contributed by atoms with Gasteiger partial charge in [-0.1, -0.05) is 30.3 Å². The van der Waals surface area contributed by atoms with Crippen LogP contribution in [0, 0.1) is 0 Å². The molecule has 24 heavy (non-hydrogen) atoms. The smallest absolute Gasteiger partial charge is 0.269 e. The number of rotatable bonds is 4. The zero-order valence-electron chi connectivity index (χ0n) is 14.5. The molecule has 2 rings (SSSR count). The van der Waals surface area contributed by atoms with Crippen molar-refractivity contribution in [3.8, 4) is 0 Å². The molecule has 5 nitrogen and oxygen atoms in total. The topological polar surface area (TPSA) is 71.1 Å². The van der Waals surface area contributed by atoms with Gasteiger partial charge >= 0.3 is 0 Å². The zero-order valence-corrected chi connectivity index (χ0v) is 14.5. The van der Waals surface area contributed by atoms with E-state index in [9.17, 15) is 9.59 Å². The molecule has 0 atom stereocenters. The molecule has 0 aliphatic carbocycles. The highest BCUT2D eigenvalue weighted by Crippen LogP contribution is 2.13. The van der Waals surface area contributed by atoms with Gasteiger partial charge in [0.2, 0.25) is 0 Å². The Bertz CT molecular complexity index is 734. The van der Waals surface area contributed by atoms with Crippen LogP contribution in [0.5, 0.6) is 0 Å². The van der Waals surface area contributed by atoms with Gasteiger partial charge in [0.1, 0.15) is 5.69 Å². The van der Waals surface area contributed by atoms with Crippen LogP contribution in [0.25, 0.3) is 0 Å². The first kappa shape index (κ1) is 17.7. The maximum atomic E-state index is 12.5. The summed E-state index contributed by atoms with van der Waals surface area (Å²) in [6.45, 7) is 5.74. The summed E-state index contributed by atoms with van der Waals surface area (Å²) in [5.41, 5.74) is 2.07. The molecule has 0 unspecified atom stereocenters. The minimum atomic E-state index is -0.354. The third-order valence-electron chi connectivity index (χ3n) is 3.32. The number of benzene rings is 1. The summed E-state index contributed by atoms with van der Waals surface area (Å²) in [7, 11) is 1.54. The molecule has 0 saturated carbocycles. The molecule has 126 valence electrons. The lowest BCUT2D eigenvalue weighted by atomic mass is 10.0. The second kappa shape index (κ2) is 7.25. The van der Waals surface area contributed by atoms with Gasteiger partial charge in [-0.15, -0.1) is 0 Å². The van der Waals surface area contributed by atoms with E-state index in [1.165, 1.54) is 6.07 Å². The fourth-order valence-electron chi connectivity index (χ4n) is 2.27. The molecule has 1 aromatic carbocycles. The Morgan fingerprint density at radius 1 is 1.04 bits per heavy atom. The summed E-state index contributed by atoms with van der Waals surface area (Å²) >= 11 is 0. The minimum absolute atomic E-state index is 0.218. The Labute approximate surface area is 142 Å². The van der Waals surface area contributed by atoms with Gasteiger partial charge in [-0.3, -0.25) is 9.59 Å². The van der Waals surface area contributed by atoms with Crippen LogP contribution in [0.4, 0.5) is 0 Å². The maximum absolute atomic E-state index is 12.5. The quantitative estimate of drug-likeness (QED) is 0.907. The predicted molar refractivity (Wildman–Crippen MR) is 94.1 cm³/mol. The molecule has 0 spiro atoms. The van der Waals surface area contributed by atoms with Gasteiger partial charge in [0.15, 0.2) is 0 Å². The van der Waals surface area contributed by atoms with Crippen LogP contribution in [0.2, 0.25) is 0 Å². The van der Waals surface area contributed by atoms with Gasteiger partial charge in [-0.2, -0.15) is 0 Å². The highest BCUT2D eigenvalue weighted by Gasteiger charge is 2.18. The van der Waals surface area contributed by atoms with Crippen molar-refractivity contribution in [1.29, 1.82) is 0 Å². The standard InChI is InChI=1S/C19H23N3O2/c1-19(2,3)22-17(23)14-11-15(10-13-8-6-5-7-9-13)21-16(12-14)18(24)20-4/h5-9,11-12H,10H2,1-4H3,(H,20,24)(H,22,23). The van der Waals surface area contributed by atoms with Gasteiger partial charge in [-0.25, -0.2) is 4.98 Å². The molecule has 0 saturated heterocycles. The Morgan fingerprint density at radius 3 is 2.29 bits per heavy atom. The van der Waals surface area contributed by atoms with Crippen LogP contribution in [-0.4, -0.2) is 29.4 Å². The van der Waals surface area contributed by atoms with Gasteiger partial charge in [0.05, 0.1) is 0 Å². The van der Waals surface area contributed by atoms with E-state index in [2.05, 4.69) is 15.6 Å². The average Bonchev–Trinajstić information content (AvgIpc) is 2.53. The highest BCUT2D eigenvalue weighted by atomic mass is 16.2. The molecule has 0 bridgehead atoms. The predicted octanol–water partition coefficient (Wildman–Crippen LogP) is 2.56. The molecular formula is C19H23N3O2. The Hall–Kier alpha value is -2.69. The second-order valence-electron chi connectivity index (χ2n) is 6.68. The number of hydrogen-bond donors (Lipinski definition) is 2. The maximum Gasteiger partial charge on any atom is 0.269 e. The van der Waals surface area contributed by atoms with Gasteiger partial charge in [0, 0.05) is 30.3 Å². The fraction of sp³-hybridized carbons (Fsp3) is 0.316. The molecule has 0 aliphatic heterocycles. The van der Waals surface area contributed by atoms with E-state index in [4.69, 9.17) is 0 Å². The molecule has 2 aromatic rings. The number of pyridine rings is 1. The summed E-state index contributed by atoms with van der Waals surface area (Å²) in [5, 5.41) is 5.47. The molecule has 0 radical (unpaired) electrons. The van der Waals surface area contributed by atoms with Crippen molar-refractivity contribution >= 4 is 11.8 Å². The molecule has 1 aromatic heterocycles. The van der Waals surface area contributed by atoms with Crippen LogP contribution in [0.3, 0.4) is 0 Å². The number of amides is 2. The van der Waals surface area contributed by atoms with E-state index in [1.807, 2.05) is 51.1 Å². The molecule has 0 aliphatic rings. The third kappa shape index (κ3) is 4.91.